The van der Waals surface area contributed by atoms with Gasteiger partial charge in [-0.1, -0.05) is 17.7 Å². The number of alkyl halides is 2. The summed E-state index contributed by atoms with van der Waals surface area (Å²) in [7, 11) is 0. The Balaban J connectivity index is 1.52. The van der Waals surface area contributed by atoms with Crippen molar-refractivity contribution in [1.29, 1.82) is 0 Å². The number of halogens is 2. The van der Waals surface area contributed by atoms with Gasteiger partial charge in [0.25, 0.3) is 0 Å². The number of rotatable bonds is 4. The topological polar surface area (TPSA) is 27.7 Å². The van der Waals surface area contributed by atoms with Crippen molar-refractivity contribution in [2.24, 2.45) is 17.8 Å². The highest BCUT2D eigenvalue weighted by Crippen LogP contribution is 2.42. The van der Waals surface area contributed by atoms with E-state index in [9.17, 15) is 8.78 Å². The van der Waals surface area contributed by atoms with E-state index in [-0.39, 0.29) is 12.0 Å². The average molecular weight is 340 g/mol. The van der Waals surface area contributed by atoms with Gasteiger partial charge in [0.15, 0.2) is 6.29 Å². The molecule has 1 saturated carbocycles. The zero-order valence-corrected chi connectivity index (χ0v) is 14.3. The Morgan fingerprint density at radius 2 is 1.54 bits per heavy atom. The summed E-state index contributed by atoms with van der Waals surface area (Å²) in [6, 6.07) is 6.78. The molecule has 1 aliphatic heterocycles. The molecular formula is C19H26F2O3. The van der Waals surface area contributed by atoms with E-state index in [0.717, 1.165) is 18.4 Å². The van der Waals surface area contributed by atoms with Gasteiger partial charge in [-0.05, 0) is 57.6 Å². The van der Waals surface area contributed by atoms with Crippen LogP contribution < -0.4 is 4.74 Å². The zero-order chi connectivity index (χ0) is 17.2. The van der Waals surface area contributed by atoms with E-state index in [4.69, 9.17) is 14.2 Å². The third-order valence-electron chi connectivity index (χ3n) is 5.28. The van der Waals surface area contributed by atoms with Gasteiger partial charge in [-0.2, -0.15) is 8.78 Å². The van der Waals surface area contributed by atoms with Gasteiger partial charge < -0.3 is 14.2 Å². The van der Waals surface area contributed by atoms with Gasteiger partial charge in [-0.15, -0.1) is 0 Å². The van der Waals surface area contributed by atoms with Crippen LogP contribution in [0.4, 0.5) is 8.78 Å². The minimum Gasteiger partial charge on any atom is -0.432 e. The molecule has 0 radical (unpaired) electrons. The Labute approximate surface area is 142 Å². The second kappa shape index (κ2) is 7.36. The van der Waals surface area contributed by atoms with Gasteiger partial charge in [0, 0.05) is 5.92 Å². The first-order chi connectivity index (χ1) is 11.4. The average Bonchev–Trinajstić information content (AvgIpc) is 2.58. The van der Waals surface area contributed by atoms with Crippen molar-refractivity contribution in [3.05, 3.63) is 29.8 Å². The summed E-state index contributed by atoms with van der Waals surface area (Å²) in [6.45, 7) is 5.15. The maximum absolute atomic E-state index is 14.4. The first-order valence-electron chi connectivity index (χ1n) is 8.81. The first-order valence-corrected chi connectivity index (χ1v) is 8.81. The number of aryl methyl sites for hydroxylation is 1. The molecule has 24 heavy (non-hydrogen) atoms. The Hall–Kier alpha value is -1.20. The van der Waals surface area contributed by atoms with Crippen molar-refractivity contribution in [2.45, 2.75) is 51.9 Å². The van der Waals surface area contributed by atoms with Crippen LogP contribution in [0, 0.1) is 24.7 Å². The van der Waals surface area contributed by atoms with Crippen LogP contribution in [0.2, 0.25) is 0 Å². The minimum atomic E-state index is -3.12. The molecular weight excluding hydrogens is 314 g/mol. The van der Waals surface area contributed by atoms with E-state index in [1.807, 2.05) is 13.8 Å². The van der Waals surface area contributed by atoms with Crippen LogP contribution in [0.25, 0.3) is 0 Å². The van der Waals surface area contributed by atoms with Gasteiger partial charge in [0.05, 0.1) is 19.1 Å². The summed E-state index contributed by atoms with van der Waals surface area (Å²) < 4.78 is 45.0. The molecule has 3 rings (SSSR count). The van der Waals surface area contributed by atoms with Crippen molar-refractivity contribution in [1.82, 2.24) is 0 Å². The molecule has 5 heteroatoms. The molecule has 0 amide bonds. The van der Waals surface area contributed by atoms with Gasteiger partial charge in [0.1, 0.15) is 5.75 Å². The summed E-state index contributed by atoms with van der Waals surface area (Å²) in [5, 5.41) is 0. The van der Waals surface area contributed by atoms with Crippen LogP contribution in [-0.4, -0.2) is 25.6 Å². The van der Waals surface area contributed by atoms with Gasteiger partial charge >= 0.3 is 6.11 Å². The fourth-order valence-corrected chi connectivity index (χ4v) is 3.66. The molecule has 1 heterocycles. The van der Waals surface area contributed by atoms with Crippen molar-refractivity contribution in [3.63, 3.8) is 0 Å². The third kappa shape index (κ3) is 4.25. The summed E-state index contributed by atoms with van der Waals surface area (Å²) in [4.78, 5) is 0. The number of ether oxygens (including phenoxy) is 3. The molecule has 1 saturated heterocycles. The minimum absolute atomic E-state index is 0.148. The van der Waals surface area contributed by atoms with E-state index in [0.29, 0.717) is 37.9 Å². The second-order valence-electron chi connectivity index (χ2n) is 7.08. The molecule has 0 bridgehead atoms. The first kappa shape index (κ1) is 17.6. The molecule has 134 valence electrons. The van der Waals surface area contributed by atoms with Crippen molar-refractivity contribution in [3.8, 4) is 5.75 Å². The molecule has 1 aromatic carbocycles. The molecule has 0 unspecified atom stereocenters. The molecule has 3 nitrogen and oxygen atoms in total. The van der Waals surface area contributed by atoms with Crippen molar-refractivity contribution >= 4 is 0 Å². The van der Waals surface area contributed by atoms with E-state index >= 15 is 0 Å². The summed E-state index contributed by atoms with van der Waals surface area (Å²) in [6.07, 6.45) is -0.740. The highest BCUT2D eigenvalue weighted by molar-refractivity contribution is 5.26. The molecule has 0 atom stereocenters. The zero-order valence-electron chi connectivity index (χ0n) is 14.3. The van der Waals surface area contributed by atoms with E-state index in [1.54, 1.807) is 24.3 Å². The summed E-state index contributed by atoms with van der Waals surface area (Å²) >= 11 is 0. The predicted molar refractivity (Wildman–Crippen MR) is 87.1 cm³/mol. The van der Waals surface area contributed by atoms with Gasteiger partial charge in [-0.3, -0.25) is 0 Å². The number of benzene rings is 1. The molecule has 0 aromatic heterocycles. The van der Waals surface area contributed by atoms with Crippen molar-refractivity contribution in [2.75, 3.05) is 13.2 Å². The monoisotopic (exact) mass is 340 g/mol. The van der Waals surface area contributed by atoms with E-state index in [2.05, 4.69) is 0 Å². The van der Waals surface area contributed by atoms with Crippen LogP contribution in [-0.2, 0) is 9.47 Å². The number of hydrogen-bond acceptors (Lipinski definition) is 3. The highest BCUT2D eigenvalue weighted by Gasteiger charge is 2.45. The van der Waals surface area contributed by atoms with E-state index < -0.39 is 12.0 Å². The van der Waals surface area contributed by atoms with Crippen LogP contribution in [0.5, 0.6) is 5.75 Å². The van der Waals surface area contributed by atoms with Gasteiger partial charge in [-0.25, -0.2) is 0 Å². The second-order valence-corrected chi connectivity index (χ2v) is 7.08. The van der Waals surface area contributed by atoms with Crippen LogP contribution in [0.1, 0.15) is 38.2 Å². The lowest BCUT2D eigenvalue weighted by molar-refractivity contribution is -0.229. The molecule has 0 N–H and O–H groups in total. The lowest BCUT2D eigenvalue weighted by atomic mass is 9.75. The largest absolute Gasteiger partial charge is 0.432 e. The normalized spacial score (nSPS) is 31.7. The fraction of sp³-hybridized carbons (Fsp3) is 0.684. The molecule has 1 aliphatic carbocycles. The Morgan fingerprint density at radius 1 is 0.958 bits per heavy atom. The van der Waals surface area contributed by atoms with E-state index in [1.165, 1.54) is 0 Å². The molecule has 2 aliphatic rings. The Kier molecular flexibility index (Phi) is 5.40. The van der Waals surface area contributed by atoms with Crippen molar-refractivity contribution < 1.29 is 23.0 Å². The smallest absolute Gasteiger partial charge is 0.400 e. The quantitative estimate of drug-likeness (QED) is 0.789. The molecule has 1 aromatic rings. The van der Waals surface area contributed by atoms with Crippen LogP contribution >= 0.6 is 0 Å². The standard InChI is InChI=1S/C19H26F2O3/c1-13-3-9-18(10-4-13)24-19(20,21)17-7-5-15(6-8-17)16-11-22-14(2)23-12-16/h3-4,9-10,14-17H,5-8,11-12H2,1-2H3. The summed E-state index contributed by atoms with van der Waals surface area (Å²) in [5.74, 6) is 0.243. The van der Waals surface area contributed by atoms with Gasteiger partial charge in [0.2, 0.25) is 0 Å². The molecule has 0 spiro atoms. The summed E-state index contributed by atoms with van der Waals surface area (Å²) in [5.41, 5.74) is 1.03. The predicted octanol–water partition coefficient (Wildman–Crippen LogP) is 4.78. The SMILES string of the molecule is Cc1ccc(OC(F)(F)C2CCC(C3COC(C)OC3)CC2)cc1. The third-order valence-corrected chi connectivity index (χ3v) is 5.28. The number of hydrogen-bond donors (Lipinski definition) is 0. The highest BCUT2D eigenvalue weighted by atomic mass is 19.3. The maximum Gasteiger partial charge on any atom is 0.400 e. The van der Waals surface area contributed by atoms with Crippen LogP contribution in [0.15, 0.2) is 24.3 Å². The maximum atomic E-state index is 14.4. The fourth-order valence-electron chi connectivity index (χ4n) is 3.66. The Morgan fingerprint density at radius 3 is 2.12 bits per heavy atom. The van der Waals surface area contributed by atoms with Crippen LogP contribution in [0.3, 0.4) is 0 Å². The lowest BCUT2D eigenvalue weighted by Crippen LogP contribution is -2.40. The lowest BCUT2D eigenvalue weighted by Gasteiger charge is -2.38. The molecule has 2 fully saturated rings. The Bertz CT molecular complexity index is 516.